The molecule has 0 spiro atoms. The Morgan fingerprint density at radius 2 is 1.16 bits per heavy atom. The van der Waals surface area contributed by atoms with E-state index in [9.17, 15) is 19.2 Å². The van der Waals surface area contributed by atoms with Crippen LogP contribution in [0.4, 0.5) is 0 Å². The van der Waals surface area contributed by atoms with Gasteiger partial charge in [0.15, 0.2) is 5.78 Å². The topological polar surface area (TPSA) is 220 Å². The van der Waals surface area contributed by atoms with Gasteiger partial charge in [-0.25, -0.2) is 14.8 Å². The Labute approximate surface area is 369 Å². The summed E-state index contributed by atoms with van der Waals surface area (Å²) in [6.45, 7) is 3.44. The van der Waals surface area contributed by atoms with Crippen molar-refractivity contribution >= 4 is 58.5 Å². The van der Waals surface area contributed by atoms with E-state index in [0.717, 1.165) is 19.3 Å². The van der Waals surface area contributed by atoms with Crippen molar-refractivity contribution in [3.8, 4) is 22.8 Å². The van der Waals surface area contributed by atoms with Gasteiger partial charge in [0, 0.05) is 66.9 Å². The zero-order chi connectivity index (χ0) is 44.3. The fourth-order valence-corrected chi connectivity index (χ4v) is 9.08. The van der Waals surface area contributed by atoms with Crippen LogP contribution in [-0.4, -0.2) is 83.6 Å². The van der Waals surface area contributed by atoms with Gasteiger partial charge in [-0.1, -0.05) is 45.8 Å². The van der Waals surface area contributed by atoms with Crippen LogP contribution in [0.3, 0.4) is 0 Å². The Morgan fingerprint density at radius 3 is 1.55 bits per heavy atom. The molecule has 9 rings (SSSR count). The number of esters is 2. The lowest BCUT2D eigenvalue weighted by Gasteiger charge is -2.67. The van der Waals surface area contributed by atoms with E-state index < -0.39 is 30.1 Å². The maximum atomic E-state index is 12.7. The Hall–Kier alpha value is -6.17. The third-order valence-corrected chi connectivity index (χ3v) is 11.8. The Bertz CT molecular complexity index is 2630. The molecular weight excluding hydrogens is 863 g/mol. The first kappa shape index (κ1) is 43.9. The number of hydrogen-bond donors (Lipinski definition) is 1. The molecule has 0 aromatic carbocycles. The number of carboxylic acid groups (broad SMARTS) is 1. The van der Waals surface area contributed by atoms with Gasteiger partial charge in [-0.3, -0.25) is 33.7 Å². The highest BCUT2D eigenvalue weighted by Gasteiger charge is 2.67. The van der Waals surface area contributed by atoms with Crippen LogP contribution in [0, 0.1) is 5.41 Å². The summed E-state index contributed by atoms with van der Waals surface area (Å²) >= 11 is 18.5. The van der Waals surface area contributed by atoms with Gasteiger partial charge >= 0.3 is 17.9 Å². The zero-order valence-electron chi connectivity index (χ0n) is 33.8. The second-order valence-corrected chi connectivity index (χ2v) is 16.9. The minimum absolute atomic E-state index is 0.0477. The van der Waals surface area contributed by atoms with Gasteiger partial charge in [0.1, 0.15) is 33.9 Å². The summed E-state index contributed by atoms with van der Waals surface area (Å²) in [6.07, 6.45) is 7.89. The van der Waals surface area contributed by atoms with E-state index in [1.807, 2.05) is 0 Å². The molecule has 20 heteroatoms. The Kier molecular flexibility index (Phi) is 12.8. The maximum absolute atomic E-state index is 12.7. The van der Waals surface area contributed by atoms with Crippen molar-refractivity contribution < 1.29 is 33.8 Å². The molecule has 2 bridgehead atoms. The number of aromatic carboxylic acids is 1. The number of aromatic nitrogens is 10. The van der Waals surface area contributed by atoms with Crippen LogP contribution in [0.25, 0.3) is 22.8 Å². The van der Waals surface area contributed by atoms with Crippen molar-refractivity contribution in [1.29, 1.82) is 0 Å². The van der Waals surface area contributed by atoms with Crippen molar-refractivity contribution in [3.05, 3.63) is 117 Å². The van der Waals surface area contributed by atoms with Gasteiger partial charge < -0.3 is 14.6 Å². The van der Waals surface area contributed by atoms with E-state index in [2.05, 4.69) is 40.6 Å². The Balaban J connectivity index is 0.000000190. The van der Waals surface area contributed by atoms with Crippen molar-refractivity contribution in [2.24, 2.45) is 19.5 Å². The standard InChI is InChI=1S/C24H23Cl2N5O3.C18H16ClN5O4/c1-14(16-4-3-7-27-22(16)25)34-20(33)8-18-21(29-30-31(18)2)17-6-5-15(10-28-17)19(32)9-23-11-24(26,12-23)13-23;1-10(12-4-3-7-20-17(12)19)28-15(25)8-14-16(22-23-24(14)2)13-6-5-11(9-21-13)18(26)27/h3-7,10,14H,8-9,11-13H2,1-2H3;3-7,9-10H,8H2,1-2H3,(H,26,27)/t14-,23?,24?;10-/m11/s1. The number of Topliss-reactive ketones (excluding diaryl/α,β-unsaturated/α-hetero) is 1. The normalized spacial score (nSPS) is 18.2. The molecule has 0 radical (unpaired) electrons. The molecule has 1 N–H and O–H groups in total. The molecule has 0 unspecified atom stereocenters. The number of hydrogen-bond acceptors (Lipinski definition) is 14. The van der Waals surface area contributed by atoms with Crippen molar-refractivity contribution in [3.63, 3.8) is 0 Å². The predicted molar refractivity (Wildman–Crippen MR) is 224 cm³/mol. The van der Waals surface area contributed by atoms with Crippen molar-refractivity contribution in [2.45, 2.75) is 69.5 Å². The molecule has 0 saturated heterocycles. The third-order valence-electron chi connectivity index (χ3n) is 10.8. The second-order valence-electron chi connectivity index (χ2n) is 15.4. The third kappa shape index (κ3) is 9.64. The number of rotatable bonds is 14. The number of carbonyl (C=O) groups excluding carboxylic acids is 3. The van der Waals surface area contributed by atoms with E-state index in [-0.39, 0.29) is 39.6 Å². The number of alkyl halides is 1. The van der Waals surface area contributed by atoms with E-state index in [1.54, 1.807) is 82.9 Å². The van der Waals surface area contributed by atoms with Crippen molar-refractivity contribution in [1.82, 2.24) is 49.9 Å². The molecule has 3 aliphatic rings. The highest BCUT2D eigenvalue weighted by Crippen LogP contribution is 2.72. The minimum Gasteiger partial charge on any atom is -0.478 e. The van der Waals surface area contributed by atoms with E-state index in [4.69, 9.17) is 49.4 Å². The number of pyridine rings is 4. The summed E-state index contributed by atoms with van der Waals surface area (Å²) in [6, 6.07) is 13.3. The molecule has 3 fully saturated rings. The lowest BCUT2D eigenvalue weighted by Crippen LogP contribution is -2.64. The van der Waals surface area contributed by atoms with Gasteiger partial charge in [0.25, 0.3) is 0 Å². The molecule has 62 heavy (non-hydrogen) atoms. The van der Waals surface area contributed by atoms with Crippen LogP contribution < -0.4 is 0 Å². The van der Waals surface area contributed by atoms with Crippen LogP contribution in [0.5, 0.6) is 0 Å². The van der Waals surface area contributed by atoms with Gasteiger partial charge in [-0.15, -0.1) is 21.8 Å². The average molecular weight is 902 g/mol. The minimum atomic E-state index is -1.08. The lowest BCUT2D eigenvalue weighted by atomic mass is 9.42. The smallest absolute Gasteiger partial charge is 0.337 e. The zero-order valence-corrected chi connectivity index (χ0v) is 36.1. The number of ketones is 1. The van der Waals surface area contributed by atoms with E-state index >= 15 is 0 Å². The molecule has 6 aromatic rings. The van der Waals surface area contributed by atoms with Gasteiger partial charge in [0.2, 0.25) is 0 Å². The highest BCUT2D eigenvalue weighted by atomic mass is 35.5. The predicted octanol–water partition coefficient (Wildman–Crippen LogP) is 6.98. The quantitative estimate of drug-likeness (QED) is 0.0505. The number of carbonyl (C=O) groups is 4. The average Bonchev–Trinajstić information content (AvgIpc) is 3.77. The molecule has 320 valence electrons. The Morgan fingerprint density at radius 1 is 0.710 bits per heavy atom. The summed E-state index contributed by atoms with van der Waals surface area (Å²) in [5.41, 5.74) is 4.76. The number of halogens is 3. The molecule has 6 heterocycles. The molecule has 2 atom stereocenters. The van der Waals surface area contributed by atoms with Crippen LogP contribution in [-0.2, 0) is 46.0 Å². The molecule has 0 amide bonds. The maximum Gasteiger partial charge on any atom is 0.337 e. The molecule has 0 aliphatic heterocycles. The second kappa shape index (κ2) is 18.0. The number of aryl methyl sites for hydroxylation is 2. The molecule has 3 saturated carbocycles. The largest absolute Gasteiger partial charge is 0.478 e. The van der Waals surface area contributed by atoms with Gasteiger partial charge in [-0.2, -0.15) is 0 Å². The summed E-state index contributed by atoms with van der Waals surface area (Å²) in [5, 5.41) is 25.7. The SMILES string of the molecule is C[C@@H](OC(=O)Cc1c(-c2ccc(C(=O)CC34CC(Cl)(C3)C4)cn2)nnn1C)c1cccnc1Cl.C[C@@H](OC(=O)Cc1c(-c2ccc(C(=O)O)cn2)nnn1C)c1cccnc1Cl. The van der Waals surface area contributed by atoms with E-state index in [1.165, 1.54) is 27.7 Å². The van der Waals surface area contributed by atoms with Crippen LogP contribution in [0.15, 0.2) is 73.3 Å². The summed E-state index contributed by atoms with van der Waals surface area (Å²) in [4.78, 5) is 65.2. The summed E-state index contributed by atoms with van der Waals surface area (Å²) < 4.78 is 14.0. The first-order valence-electron chi connectivity index (χ1n) is 19.3. The van der Waals surface area contributed by atoms with Gasteiger partial charge in [-0.05, 0) is 74.9 Å². The molecule has 3 aliphatic carbocycles. The summed E-state index contributed by atoms with van der Waals surface area (Å²) in [7, 11) is 3.35. The first-order chi connectivity index (χ1) is 29.5. The van der Waals surface area contributed by atoms with Gasteiger partial charge in [0.05, 0.1) is 41.2 Å². The number of ether oxygens (including phenoxy) is 2. The molecule has 17 nitrogen and oxygen atoms in total. The fraction of sp³-hybridized carbons (Fsp3) is 0.333. The van der Waals surface area contributed by atoms with Crippen LogP contribution >= 0.6 is 34.8 Å². The lowest BCUT2D eigenvalue weighted by molar-refractivity contribution is -0.148. The molecular formula is C42H39Cl3N10O7. The first-order valence-corrected chi connectivity index (χ1v) is 20.4. The van der Waals surface area contributed by atoms with E-state index in [0.29, 0.717) is 62.4 Å². The van der Waals surface area contributed by atoms with Crippen molar-refractivity contribution in [2.75, 3.05) is 0 Å². The number of carboxylic acids is 1. The fourth-order valence-electron chi connectivity index (χ4n) is 7.68. The monoisotopic (exact) mass is 900 g/mol. The van der Waals surface area contributed by atoms with Crippen LogP contribution in [0.2, 0.25) is 10.3 Å². The van der Waals surface area contributed by atoms with Crippen LogP contribution in [0.1, 0.15) is 95.0 Å². The molecule has 6 aromatic heterocycles. The highest BCUT2D eigenvalue weighted by molar-refractivity contribution is 6.30. The summed E-state index contributed by atoms with van der Waals surface area (Å²) in [5.74, 6) is -1.96. The number of nitrogens with zero attached hydrogens (tertiary/aromatic N) is 10.